The van der Waals surface area contributed by atoms with E-state index in [2.05, 4.69) is 24.1 Å². The van der Waals surface area contributed by atoms with Crippen molar-refractivity contribution in [2.45, 2.75) is 52.7 Å². The van der Waals surface area contributed by atoms with Crippen molar-refractivity contribution >= 4 is 23.2 Å². The highest BCUT2D eigenvalue weighted by molar-refractivity contribution is 7.09. The van der Waals surface area contributed by atoms with Crippen LogP contribution in [0.15, 0.2) is 35.7 Å². The van der Waals surface area contributed by atoms with Crippen LogP contribution in [0.4, 0.5) is 0 Å². The van der Waals surface area contributed by atoms with E-state index in [-0.39, 0.29) is 18.4 Å². The summed E-state index contributed by atoms with van der Waals surface area (Å²) in [7, 11) is 0. The Morgan fingerprint density at radius 3 is 2.62 bits per heavy atom. The summed E-state index contributed by atoms with van der Waals surface area (Å²) >= 11 is 1.41. The maximum absolute atomic E-state index is 12.7. The van der Waals surface area contributed by atoms with E-state index in [1.54, 1.807) is 10.3 Å². The van der Waals surface area contributed by atoms with E-state index in [1.807, 2.05) is 30.3 Å². The van der Waals surface area contributed by atoms with Gasteiger partial charge in [-0.15, -0.1) is 11.3 Å². The molecule has 29 heavy (non-hydrogen) atoms. The van der Waals surface area contributed by atoms with Crippen LogP contribution in [0.3, 0.4) is 0 Å². The fourth-order valence-corrected chi connectivity index (χ4v) is 3.47. The minimum absolute atomic E-state index is 0.0361. The van der Waals surface area contributed by atoms with Gasteiger partial charge >= 0.3 is 0 Å². The number of nitrogens with zero attached hydrogens (tertiary/aromatic N) is 2. The van der Waals surface area contributed by atoms with Crippen LogP contribution in [0.25, 0.3) is 0 Å². The SMILES string of the molecule is CCCCNC(=O)c1csc(CN(CCCC)C(=O)COCc2ccccc2)n1. The Kier molecular flexibility index (Phi) is 10.4. The molecule has 0 aliphatic heterocycles. The first-order valence-corrected chi connectivity index (χ1v) is 11.1. The molecule has 1 heterocycles. The summed E-state index contributed by atoms with van der Waals surface area (Å²) in [5.41, 5.74) is 1.46. The standard InChI is InChI=1S/C22H31N3O3S/c1-3-5-12-23-22(27)19-17-29-20(24-19)14-25(13-6-4-2)21(26)16-28-15-18-10-8-7-9-11-18/h7-11,17H,3-6,12-16H2,1-2H3,(H,23,27). The highest BCUT2D eigenvalue weighted by Gasteiger charge is 2.17. The lowest BCUT2D eigenvalue weighted by atomic mass is 10.2. The van der Waals surface area contributed by atoms with Gasteiger partial charge in [0.1, 0.15) is 17.3 Å². The summed E-state index contributed by atoms with van der Waals surface area (Å²) < 4.78 is 5.61. The van der Waals surface area contributed by atoms with Gasteiger partial charge in [0.25, 0.3) is 5.91 Å². The number of amides is 2. The molecule has 1 aromatic heterocycles. The topological polar surface area (TPSA) is 71.5 Å². The molecule has 0 atom stereocenters. The van der Waals surface area contributed by atoms with Crippen molar-refractivity contribution in [3.63, 3.8) is 0 Å². The maximum Gasteiger partial charge on any atom is 0.270 e. The number of aromatic nitrogens is 1. The third-order valence-corrected chi connectivity index (χ3v) is 5.23. The molecule has 1 N–H and O–H groups in total. The molecule has 0 fully saturated rings. The normalized spacial score (nSPS) is 10.7. The molecular formula is C22H31N3O3S. The van der Waals surface area contributed by atoms with Gasteiger partial charge in [-0.1, -0.05) is 57.0 Å². The van der Waals surface area contributed by atoms with E-state index in [0.29, 0.717) is 31.9 Å². The summed E-state index contributed by atoms with van der Waals surface area (Å²) in [6, 6.07) is 9.80. The Bertz CT molecular complexity index is 749. The van der Waals surface area contributed by atoms with Crippen molar-refractivity contribution in [2.75, 3.05) is 19.7 Å². The van der Waals surface area contributed by atoms with Crippen molar-refractivity contribution in [1.82, 2.24) is 15.2 Å². The van der Waals surface area contributed by atoms with Crippen molar-refractivity contribution in [3.05, 3.63) is 52.0 Å². The van der Waals surface area contributed by atoms with Gasteiger partial charge in [-0.2, -0.15) is 0 Å². The predicted molar refractivity (Wildman–Crippen MR) is 116 cm³/mol. The van der Waals surface area contributed by atoms with Gasteiger partial charge in [0.2, 0.25) is 5.91 Å². The molecule has 7 heteroatoms. The number of carbonyl (C=O) groups excluding carboxylic acids is 2. The average Bonchev–Trinajstić information content (AvgIpc) is 3.20. The molecule has 2 aromatic rings. The molecule has 0 spiro atoms. The molecule has 0 aliphatic carbocycles. The molecule has 2 rings (SSSR count). The number of carbonyl (C=O) groups is 2. The quantitative estimate of drug-likeness (QED) is 0.500. The summed E-state index contributed by atoms with van der Waals surface area (Å²) in [5.74, 6) is -0.211. The van der Waals surface area contributed by atoms with Crippen molar-refractivity contribution in [3.8, 4) is 0 Å². The fraction of sp³-hybridized carbons (Fsp3) is 0.500. The van der Waals surface area contributed by atoms with Crippen LogP contribution in [0, 0.1) is 0 Å². The molecule has 158 valence electrons. The Morgan fingerprint density at radius 2 is 1.90 bits per heavy atom. The third kappa shape index (κ3) is 8.33. The van der Waals surface area contributed by atoms with E-state index >= 15 is 0 Å². The van der Waals surface area contributed by atoms with Crippen LogP contribution >= 0.6 is 11.3 Å². The third-order valence-electron chi connectivity index (χ3n) is 4.40. The monoisotopic (exact) mass is 417 g/mol. The first-order valence-electron chi connectivity index (χ1n) is 10.3. The largest absolute Gasteiger partial charge is 0.367 e. The molecule has 0 bridgehead atoms. The molecule has 0 saturated carbocycles. The van der Waals surface area contributed by atoms with Gasteiger partial charge in [0.05, 0.1) is 13.2 Å². The van der Waals surface area contributed by atoms with Crippen LogP contribution in [-0.2, 0) is 22.7 Å². The van der Waals surface area contributed by atoms with Gasteiger partial charge < -0.3 is 15.0 Å². The van der Waals surface area contributed by atoms with Crippen molar-refractivity contribution in [2.24, 2.45) is 0 Å². The van der Waals surface area contributed by atoms with E-state index in [9.17, 15) is 9.59 Å². The maximum atomic E-state index is 12.7. The smallest absolute Gasteiger partial charge is 0.270 e. The fourth-order valence-electron chi connectivity index (χ4n) is 2.68. The lowest BCUT2D eigenvalue weighted by Gasteiger charge is -2.21. The number of ether oxygens (including phenoxy) is 1. The molecule has 0 saturated heterocycles. The molecule has 0 aliphatic rings. The highest BCUT2D eigenvalue weighted by atomic mass is 32.1. The zero-order valence-electron chi connectivity index (χ0n) is 17.4. The zero-order chi connectivity index (χ0) is 20.9. The number of rotatable bonds is 13. The van der Waals surface area contributed by atoms with Crippen LogP contribution in [0.5, 0.6) is 0 Å². The predicted octanol–water partition coefficient (Wildman–Crippen LogP) is 4.02. The van der Waals surface area contributed by atoms with Gasteiger partial charge in [-0.05, 0) is 18.4 Å². The van der Waals surface area contributed by atoms with Gasteiger partial charge in [-0.3, -0.25) is 9.59 Å². The molecule has 0 unspecified atom stereocenters. The summed E-state index contributed by atoms with van der Waals surface area (Å²) in [6.07, 6.45) is 3.90. The molecular weight excluding hydrogens is 386 g/mol. The van der Waals surface area contributed by atoms with Crippen LogP contribution in [0.2, 0.25) is 0 Å². The van der Waals surface area contributed by atoms with E-state index in [0.717, 1.165) is 36.3 Å². The number of thiazole rings is 1. The van der Waals surface area contributed by atoms with E-state index in [1.165, 1.54) is 11.3 Å². The lowest BCUT2D eigenvalue weighted by Crippen LogP contribution is -2.34. The number of unbranched alkanes of at least 4 members (excludes halogenated alkanes) is 2. The summed E-state index contributed by atoms with van der Waals surface area (Å²) in [5, 5.41) is 5.39. The Morgan fingerprint density at radius 1 is 1.14 bits per heavy atom. The Balaban J connectivity index is 1.88. The Labute approximate surface area is 177 Å². The first-order chi connectivity index (χ1) is 14.1. The number of benzene rings is 1. The minimum Gasteiger partial charge on any atom is -0.367 e. The first kappa shape index (κ1) is 23.0. The average molecular weight is 418 g/mol. The lowest BCUT2D eigenvalue weighted by molar-refractivity contribution is -0.137. The zero-order valence-corrected chi connectivity index (χ0v) is 18.2. The molecule has 6 nitrogen and oxygen atoms in total. The van der Waals surface area contributed by atoms with E-state index in [4.69, 9.17) is 4.74 Å². The second-order valence-electron chi connectivity index (χ2n) is 6.88. The summed E-state index contributed by atoms with van der Waals surface area (Å²) in [6.45, 7) is 6.33. The second-order valence-corrected chi connectivity index (χ2v) is 7.83. The Hall–Kier alpha value is -2.25. The number of nitrogens with one attached hydrogen (secondary N) is 1. The van der Waals surface area contributed by atoms with Crippen LogP contribution < -0.4 is 5.32 Å². The van der Waals surface area contributed by atoms with Crippen LogP contribution in [-0.4, -0.2) is 41.4 Å². The number of hydrogen-bond acceptors (Lipinski definition) is 5. The van der Waals surface area contributed by atoms with E-state index < -0.39 is 0 Å². The minimum atomic E-state index is -0.154. The number of hydrogen-bond donors (Lipinski definition) is 1. The van der Waals surface area contributed by atoms with Crippen molar-refractivity contribution in [1.29, 1.82) is 0 Å². The summed E-state index contributed by atoms with van der Waals surface area (Å²) in [4.78, 5) is 31.0. The van der Waals surface area contributed by atoms with Crippen molar-refractivity contribution < 1.29 is 14.3 Å². The second kappa shape index (κ2) is 13.1. The molecule has 2 amide bonds. The molecule has 0 radical (unpaired) electrons. The highest BCUT2D eigenvalue weighted by Crippen LogP contribution is 2.14. The van der Waals surface area contributed by atoms with Gasteiger partial charge in [0.15, 0.2) is 0 Å². The van der Waals surface area contributed by atoms with Gasteiger partial charge in [-0.25, -0.2) is 4.98 Å². The van der Waals surface area contributed by atoms with Crippen LogP contribution in [0.1, 0.15) is 60.6 Å². The molecule has 1 aromatic carbocycles. The van der Waals surface area contributed by atoms with Gasteiger partial charge in [0, 0.05) is 18.5 Å².